The molecule has 1 heterocycles. The molecule has 4 rings (SSSR count). The van der Waals surface area contributed by atoms with Crippen molar-refractivity contribution in [1.82, 2.24) is 4.90 Å². The molecule has 0 aromatic heterocycles. The molecule has 154 valence electrons. The molecule has 0 saturated carbocycles. The summed E-state index contributed by atoms with van der Waals surface area (Å²) in [5.74, 6) is 0.649. The molecule has 0 saturated heterocycles. The first-order valence-electron chi connectivity index (χ1n) is 10.3. The lowest BCUT2D eigenvalue weighted by atomic mass is 9.96. The Hall–Kier alpha value is -2.85. The van der Waals surface area contributed by atoms with Crippen LogP contribution < -0.4 is 0 Å². The number of carbonyl (C=O) groups is 1. The molecule has 0 N–H and O–H groups in total. The lowest BCUT2D eigenvalue weighted by molar-refractivity contribution is 0.0963. The summed E-state index contributed by atoms with van der Waals surface area (Å²) in [7, 11) is 0. The number of nitrogens with zero attached hydrogens (tertiary/aromatic N) is 2. The van der Waals surface area contributed by atoms with Gasteiger partial charge in [0.15, 0.2) is 0 Å². The number of halogens is 1. The maximum absolute atomic E-state index is 12.6. The van der Waals surface area contributed by atoms with Gasteiger partial charge in [-0.15, -0.1) is 0 Å². The van der Waals surface area contributed by atoms with Crippen molar-refractivity contribution < 1.29 is 9.53 Å². The number of aliphatic imine (C=N–C) groups is 1. The fourth-order valence-corrected chi connectivity index (χ4v) is 4.18. The average molecular weight is 421 g/mol. The lowest BCUT2D eigenvalue weighted by Crippen LogP contribution is -2.37. The molecule has 0 radical (unpaired) electrons. The highest BCUT2D eigenvalue weighted by molar-refractivity contribution is 6.32. The number of fused-ring (bicyclic) bond motifs is 1. The van der Waals surface area contributed by atoms with Crippen molar-refractivity contribution >= 4 is 34.3 Å². The quantitative estimate of drug-likeness (QED) is 0.516. The number of hydrogen-bond donors (Lipinski definition) is 0. The Morgan fingerprint density at radius 2 is 1.83 bits per heavy atom. The minimum atomic E-state index is -0.360. The Bertz CT molecular complexity index is 1100. The number of hydrogen-bond acceptors (Lipinski definition) is 3. The van der Waals surface area contributed by atoms with Crippen molar-refractivity contribution in [2.75, 3.05) is 13.1 Å². The third-order valence-corrected chi connectivity index (χ3v) is 5.64. The summed E-state index contributed by atoms with van der Waals surface area (Å²) in [5.41, 5.74) is 3.19. The Labute approximate surface area is 182 Å². The highest BCUT2D eigenvalue weighted by Gasteiger charge is 2.28. The van der Waals surface area contributed by atoms with Crippen LogP contribution in [0.1, 0.15) is 30.5 Å². The van der Waals surface area contributed by atoms with Gasteiger partial charge in [0, 0.05) is 10.6 Å². The van der Waals surface area contributed by atoms with E-state index in [1.807, 2.05) is 32.0 Å². The fourth-order valence-electron chi connectivity index (χ4n) is 3.91. The van der Waals surface area contributed by atoms with Gasteiger partial charge in [-0.05, 0) is 54.7 Å². The van der Waals surface area contributed by atoms with E-state index in [9.17, 15) is 4.79 Å². The van der Waals surface area contributed by atoms with Crippen LogP contribution in [0.25, 0.3) is 10.8 Å². The first kappa shape index (κ1) is 20.4. The molecule has 0 fully saturated rings. The Balaban J connectivity index is 1.63. The molecule has 3 aromatic rings. The third-order valence-electron chi connectivity index (χ3n) is 5.28. The van der Waals surface area contributed by atoms with Crippen LogP contribution >= 0.6 is 11.6 Å². The molecule has 0 unspecified atom stereocenters. The molecule has 3 aromatic carbocycles. The minimum absolute atomic E-state index is 0.176. The first-order valence-corrected chi connectivity index (χ1v) is 10.7. The molecule has 0 aliphatic carbocycles. The lowest BCUT2D eigenvalue weighted by Gasteiger charge is -2.21. The zero-order valence-electron chi connectivity index (χ0n) is 17.3. The maximum Gasteiger partial charge on any atom is 0.415 e. The van der Waals surface area contributed by atoms with Crippen LogP contribution in [-0.4, -0.2) is 36.0 Å². The highest BCUT2D eigenvalue weighted by Crippen LogP contribution is 2.27. The second-order valence-electron chi connectivity index (χ2n) is 7.69. The molecule has 1 amide bonds. The molecule has 1 aliphatic heterocycles. The van der Waals surface area contributed by atoms with Gasteiger partial charge in [-0.25, -0.2) is 4.79 Å². The van der Waals surface area contributed by atoms with Gasteiger partial charge in [-0.2, -0.15) is 0 Å². The number of amides is 1. The van der Waals surface area contributed by atoms with E-state index in [0.717, 1.165) is 24.0 Å². The monoisotopic (exact) mass is 420 g/mol. The van der Waals surface area contributed by atoms with E-state index >= 15 is 0 Å². The van der Waals surface area contributed by atoms with Gasteiger partial charge < -0.3 is 4.74 Å². The number of benzene rings is 3. The molecule has 30 heavy (non-hydrogen) atoms. The van der Waals surface area contributed by atoms with Crippen LogP contribution in [0.5, 0.6) is 0 Å². The van der Waals surface area contributed by atoms with E-state index in [1.165, 1.54) is 16.3 Å². The van der Waals surface area contributed by atoms with E-state index in [-0.39, 0.29) is 12.2 Å². The summed E-state index contributed by atoms with van der Waals surface area (Å²) in [6, 6.07) is 20.6. The Morgan fingerprint density at radius 3 is 2.67 bits per heavy atom. The van der Waals surface area contributed by atoms with E-state index in [2.05, 4.69) is 47.5 Å². The SMILES string of the molecule is CC(C)OC(=O)N1CCN=C1c1cccc(Cl)c1CCc1cccc2ccccc12. The highest BCUT2D eigenvalue weighted by atomic mass is 35.5. The van der Waals surface area contributed by atoms with Crippen LogP contribution in [-0.2, 0) is 17.6 Å². The normalized spacial score (nSPS) is 13.7. The number of amidine groups is 1. The average Bonchev–Trinajstić information content (AvgIpc) is 3.22. The standard InChI is InChI=1S/C25H25ClN2O2/c1-17(2)30-25(29)28-16-15-27-24(28)22-11-6-12-23(26)21(22)14-13-19-9-5-8-18-7-3-4-10-20(18)19/h3-12,17H,13-16H2,1-2H3. The van der Waals surface area contributed by atoms with Gasteiger partial charge >= 0.3 is 6.09 Å². The number of aryl methyl sites for hydroxylation is 1. The number of ether oxygens (including phenoxy) is 1. The Kier molecular flexibility index (Phi) is 6.05. The van der Waals surface area contributed by atoms with Crippen molar-refractivity contribution in [3.63, 3.8) is 0 Å². The molecular formula is C25H25ClN2O2. The molecule has 0 spiro atoms. The van der Waals surface area contributed by atoms with Gasteiger partial charge in [0.25, 0.3) is 0 Å². The van der Waals surface area contributed by atoms with Gasteiger partial charge in [-0.3, -0.25) is 9.89 Å². The second-order valence-corrected chi connectivity index (χ2v) is 8.10. The molecule has 5 heteroatoms. The van der Waals surface area contributed by atoms with Crippen LogP contribution in [0.4, 0.5) is 4.79 Å². The zero-order valence-corrected chi connectivity index (χ0v) is 18.0. The van der Waals surface area contributed by atoms with Crippen LogP contribution in [0, 0.1) is 0 Å². The zero-order chi connectivity index (χ0) is 21.1. The van der Waals surface area contributed by atoms with E-state index in [1.54, 1.807) is 4.90 Å². The predicted octanol–water partition coefficient (Wildman–Crippen LogP) is 5.89. The second kappa shape index (κ2) is 8.88. The topological polar surface area (TPSA) is 41.9 Å². The van der Waals surface area contributed by atoms with Crippen molar-refractivity contribution in [3.05, 3.63) is 82.4 Å². The van der Waals surface area contributed by atoms with Crippen molar-refractivity contribution in [2.24, 2.45) is 4.99 Å². The summed E-state index contributed by atoms with van der Waals surface area (Å²) in [4.78, 5) is 18.8. The van der Waals surface area contributed by atoms with Gasteiger partial charge in [0.1, 0.15) is 5.84 Å². The van der Waals surface area contributed by atoms with E-state index in [4.69, 9.17) is 16.3 Å². The van der Waals surface area contributed by atoms with E-state index in [0.29, 0.717) is 23.9 Å². The number of rotatable bonds is 5. The largest absolute Gasteiger partial charge is 0.446 e. The molecule has 0 bridgehead atoms. The van der Waals surface area contributed by atoms with Gasteiger partial charge in [0.2, 0.25) is 0 Å². The number of carbonyl (C=O) groups excluding carboxylic acids is 1. The third kappa shape index (κ3) is 4.19. The van der Waals surface area contributed by atoms with Crippen LogP contribution in [0.15, 0.2) is 65.7 Å². The molecule has 0 atom stereocenters. The first-order chi connectivity index (χ1) is 14.5. The van der Waals surface area contributed by atoms with Crippen molar-refractivity contribution in [2.45, 2.75) is 32.8 Å². The van der Waals surface area contributed by atoms with Crippen molar-refractivity contribution in [3.8, 4) is 0 Å². The van der Waals surface area contributed by atoms with Gasteiger partial charge in [0.05, 0.1) is 19.2 Å². The summed E-state index contributed by atoms with van der Waals surface area (Å²) in [6.07, 6.45) is 1.07. The predicted molar refractivity (Wildman–Crippen MR) is 123 cm³/mol. The van der Waals surface area contributed by atoms with Crippen LogP contribution in [0.3, 0.4) is 0 Å². The molecular weight excluding hydrogens is 396 g/mol. The molecule has 1 aliphatic rings. The molecule has 4 nitrogen and oxygen atoms in total. The smallest absolute Gasteiger partial charge is 0.415 e. The van der Waals surface area contributed by atoms with Gasteiger partial charge in [-0.1, -0.05) is 66.2 Å². The Morgan fingerprint density at radius 1 is 1.07 bits per heavy atom. The summed E-state index contributed by atoms with van der Waals surface area (Å²) >= 11 is 6.61. The minimum Gasteiger partial charge on any atom is -0.446 e. The summed E-state index contributed by atoms with van der Waals surface area (Å²) in [5, 5.41) is 3.19. The van der Waals surface area contributed by atoms with E-state index < -0.39 is 0 Å². The van der Waals surface area contributed by atoms with Crippen LogP contribution in [0.2, 0.25) is 5.02 Å². The summed E-state index contributed by atoms with van der Waals surface area (Å²) < 4.78 is 5.41. The summed E-state index contributed by atoms with van der Waals surface area (Å²) in [6.45, 7) is 4.79. The maximum atomic E-state index is 12.6. The fraction of sp³-hybridized carbons (Fsp3) is 0.280. The van der Waals surface area contributed by atoms with Crippen molar-refractivity contribution in [1.29, 1.82) is 0 Å².